The third-order valence-corrected chi connectivity index (χ3v) is 3.47. The van der Waals surface area contributed by atoms with Crippen LogP contribution in [0.4, 0.5) is 8.78 Å². The number of nitrogens with two attached hydrogens (primary N) is 1. The zero-order valence-corrected chi connectivity index (χ0v) is 10.9. The van der Waals surface area contributed by atoms with Crippen LogP contribution < -0.4 is 11.1 Å². The van der Waals surface area contributed by atoms with Crippen molar-refractivity contribution >= 4 is 17.7 Å². The van der Waals surface area contributed by atoms with E-state index in [4.69, 9.17) is 5.73 Å². The molecule has 0 saturated heterocycles. The third-order valence-electron chi connectivity index (χ3n) is 2.30. The van der Waals surface area contributed by atoms with Gasteiger partial charge in [-0.15, -0.1) is 11.8 Å². The van der Waals surface area contributed by atoms with Crippen molar-refractivity contribution in [1.82, 2.24) is 5.32 Å². The van der Waals surface area contributed by atoms with Crippen LogP contribution in [0.1, 0.15) is 5.56 Å². The molecule has 0 unspecified atom stereocenters. The summed E-state index contributed by atoms with van der Waals surface area (Å²) in [5.74, 6) is -3.34. The molecule has 0 saturated carbocycles. The highest BCUT2D eigenvalue weighted by molar-refractivity contribution is 8.00. The zero-order chi connectivity index (χ0) is 13.6. The molecule has 6 heteroatoms. The maximum absolute atomic E-state index is 12.8. The number of thioether (sulfide) groups is 1. The Kier molecular flexibility index (Phi) is 5.55. The first kappa shape index (κ1) is 14.9. The first-order valence-corrected chi connectivity index (χ1v) is 6.46. The maximum atomic E-state index is 12.8. The van der Waals surface area contributed by atoms with Crippen molar-refractivity contribution in [2.75, 3.05) is 18.8 Å². The van der Waals surface area contributed by atoms with E-state index in [1.54, 1.807) is 0 Å². The molecule has 0 aliphatic heterocycles. The highest BCUT2D eigenvalue weighted by Crippen LogP contribution is 2.21. The number of rotatable bonds is 6. The minimum atomic E-state index is -3.04. The molecule has 18 heavy (non-hydrogen) atoms. The fourth-order valence-electron chi connectivity index (χ4n) is 1.21. The molecular formula is C12H16F2N2OS. The number of amides is 1. The number of nitrogens with one attached hydrogen (secondary N) is 1. The summed E-state index contributed by atoms with van der Waals surface area (Å²) in [6.45, 7) is 0.456. The van der Waals surface area contributed by atoms with E-state index < -0.39 is 24.9 Å². The lowest BCUT2D eigenvalue weighted by Gasteiger charge is -2.14. The molecule has 0 atom stereocenters. The number of aryl methyl sites for hydroxylation is 1. The molecule has 1 aromatic rings. The van der Waals surface area contributed by atoms with E-state index in [1.165, 1.54) is 11.8 Å². The number of carbonyl (C=O) groups excluding carboxylic acids is 1. The zero-order valence-electron chi connectivity index (χ0n) is 10.1. The van der Waals surface area contributed by atoms with Crippen LogP contribution in [-0.4, -0.2) is 30.7 Å². The average molecular weight is 274 g/mol. The first-order chi connectivity index (χ1) is 8.44. The molecule has 3 N–H and O–H groups in total. The van der Waals surface area contributed by atoms with Gasteiger partial charge in [0.05, 0.1) is 18.8 Å². The molecule has 0 radical (unpaired) electrons. The Bertz CT molecular complexity index is 413. The van der Waals surface area contributed by atoms with Gasteiger partial charge in [0.1, 0.15) is 0 Å². The fourth-order valence-corrected chi connectivity index (χ4v) is 2.07. The monoisotopic (exact) mass is 274 g/mol. The molecule has 3 nitrogen and oxygen atoms in total. The number of alkyl halides is 2. The van der Waals surface area contributed by atoms with Crippen LogP contribution in [0.2, 0.25) is 0 Å². The molecular weight excluding hydrogens is 258 g/mol. The topological polar surface area (TPSA) is 55.1 Å². The summed E-state index contributed by atoms with van der Waals surface area (Å²) in [6, 6.07) is 7.60. The van der Waals surface area contributed by atoms with E-state index in [0.29, 0.717) is 0 Å². The van der Waals surface area contributed by atoms with Gasteiger partial charge in [-0.3, -0.25) is 4.79 Å². The van der Waals surface area contributed by atoms with E-state index in [-0.39, 0.29) is 5.75 Å². The van der Waals surface area contributed by atoms with E-state index in [2.05, 4.69) is 5.32 Å². The summed E-state index contributed by atoms with van der Waals surface area (Å²) >= 11 is 1.33. The molecule has 1 amide bonds. The van der Waals surface area contributed by atoms with Crippen LogP contribution >= 0.6 is 11.8 Å². The summed E-state index contributed by atoms with van der Waals surface area (Å²) in [7, 11) is 0. The van der Waals surface area contributed by atoms with E-state index in [1.807, 2.05) is 31.2 Å². The van der Waals surface area contributed by atoms with Crippen molar-refractivity contribution in [3.63, 3.8) is 0 Å². The SMILES string of the molecule is Cc1ccccc1SCC(=O)NCC(F)(F)CN. The standard InChI is InChI=1S/C12H16F2N2OS/c1-9-4-2-3-5-10(9)18-6-11(17)16-8-12(13,14)7-15/h2-5H,6-8,15H2,1H3,(H,16,17). The smallest absolute Gasteiger partial charge is 0.277 e. The van der Waals surface area contributed by atoms with E-state index in [9.17, 15) is 13.6 Å². The average Bonchev–Trinajstić information content (AvgIpc) is 2.35. The molecule has 0 fully saturated rings. The van der Waals surface area contributed by atoms with Crippen molar-refractivity contribution in [2.24, 2.45) is 5.73 Å². The number of hydrogen-bond donors (Lipinski definition) is 2. The summed E-state index contributed by atoms with van der Waals surface area (Å²) in [6.07, 6.45) is 0. The van der Waals surface area contributed by atoms with Crippen molar-refractivity contribution in [3.05, 3.63) is 29.8 Å². The molecule has 1 aromatic carbocycles. The van der Waals surface area contributed by atoms with Gasteiger partial charge in [0.2, 0.25) is 5.91 Å². The molecule has 1 rings (SSSR count). The van der Waals surface area contributed by atoms with E-state index >= 15 is 0 Å². The Morgan fingerprint density at radius 3 is 2.72 bits per heavy atom. The molecule has 0 bridgehead atoms. The van der Waals surface area contributed by atoms with Gasteiger partial charge in [0.15, 0.2) is 0 Å². The second-order valence-corrected chi connectivity index (χ2v) is 4.91. The Labute approximate surface area is 109 Å². The van der Waals surface area contributed by atoms with Gasteiger partial charge < -0.3 is 11.1 Å². The number of carbonyl (C=O) groups is 1. The van der Waals surface area contributed by atoms with Crippen LogP contribution in [0.3, 0.4) is 0 Å². The van der Waals surface area contributed by atoms with Crippen molar-refractivity contribution in [3.8, 4) is 0 Å². The van der Waals surface area contributed by atoms with Gasteiger partial charge in [-0.1, -0.05) is 18.2 Å². The second kappa shape index (κ2) is 6.70. The molecule has 0 aromatic heterocycles. The van der Waals surface area contributed by atoms with Crippen molar-refractivity contribution < 1.29 is 13.6 Å². The Balaban J connectivity index is 2.36. The van der Waals surface area contributed by atoms with Crippen LogP contribution in [0, 0.1) is 6.92 Å². The fraction of sp³-hybridized carbons (Fsp3) is 0.417. The van der Waals surface area contributed by atoms with Gasteiger partial charge in [-0.2, -0.15) is 0 Å². The van der Waals surface area contributed by atoms with E-state index in [0.717, 1.165) is 10.5 Å². The number of benzene rings is 1. The molecule has 0 aliphatic rings. The lowest BCUT2D eigenvalue weighted by Crippen LogP contribution is -2.42. The predicted octanol–water partition coefficient (Wildman–Crippen LogP) is 1.80. The third kappa shape index (κ3) is 5.01. The molecule has 0 spiro atoms. The van der Waals surface area contributed by atoms with Crippen LogP contribution in [0.5, 0.6) is 0 Å². The summed E-state index contributed by atoms with van der Waals surface area (Å²) in [4.78, 5) is 12.4. The predicted molar refractivity (Wildman–Crippen MR) is 68.9 cm³/mol. The van der Waals surface area contributed by atoms with Gasteiger partial charge in [-0.05, 0) is 18.6 Å². The second-order valence-electron chi connectivity index (χ2n) is 3.89. The minimum absolute atomic E-state index is 0.117. The number of halogens is 2. The van der Waals surface area contributed by atoms with Gasteiger partial charge in [-0.25, -0.2) is 8.78 Å². The van der Waals surface area contributed by atoms with Gasteiger partial charge in [0.25, 0.3) is 5.92 Å². The molecule has 0 heterocycles. The highest BCUT2D eigenvalue weighted by atomic mass is 32.2. The highest BCUT2D eigenvalue weighted by Gasteiger charge is 2.26. The van der Waals surface area contributed by atoms with Crippen LogP contribution in [0.15, 0.2) is 29.2 Å². The minimum Gasteiger partial charge on any atom is -0.349 e. The lowest BCUT2D eigenvalue weighted by atomic mass is 10.2. The largest absolute Gasteiger partial charge is 0.349 e. The normalized spacial score (nSPS) is 11.3. The van der Waals surface area contributed by atoms with Crippen molar-refractivity contribution in [1.29, 1.82) is 0 Å². The van der Waals surface area contributed by atoms with Crippen molar-refractivity contribution in [2.45, 2.75) is 17.7 Å². The molecule has 0 aliphatic carbocycles. The first-order valence-electron chi connectivity index (χ1n) is 5.47. The van der Waals surface area contributed by atoms with Crippen LogP contribution in [-0.2, 0) is 4.79 Å². The lowest BCUT2D eigenvalue weighted by molar-refractivity contribution is -0.120. The number of hydrogen-bond acceptors (Lipinski definition) is 3. The summed E-state index contributed by atoms with van der Waals surface area (Å²) < 4.78 is 25.6. The van der Waals surface area contributed by atoms with Crippen LogP contribution in [0.25, 0.3) is 0 Å². The van der Waals surface area contributed by atoms with Gasteiger partial charge in [0, 0.05) is 4.90 Å². The quantitative estimate of drug-likeness (QED) is 0.778. The maximum Gasteiger partial charge on any atom is 0.277 e. The summed E-state index contributed by atoms with van der Waals surface area (Å²) in [5.41, 5.74) is 5.93. The van der Waals surface area contributed by atoms with Gasteiger partial charge >= 0.3 is 0 Å². The Morgan fingerprint density at radius 2 is 2.11 bits per heavy atom. The Morgan fingerprint density at radius 1 is 1.44 bits per heavy atom. The molecule has 100 valence electrons. The Hall–Kier alpha value is -1.14. The summed E-state index contributed by atoms with van der Waals surface area (Å²) in [5, 5.41) is 2.17.